The van der Waals surface area contributed by atoms with E-state index in [1.165, 1.54) is 5.56 Å². The standard InChI is InChI=1S/C36H41N5O3S/c1-36(2,3)45(44)41-23-29-21-31(35(43)38-30-14-18-40(24-30)22-25-8-5-4-6-9-25)39-34(33(29)32(41)15-19-42)28-11-7-10-27(20-28)26-12-16-37-17-13-26/h4-13,16-17,20-21,30,32,42H,14-15,18-19,22-24H2,1-3H3,(H,38,43)/t30-,32-,45-/m1/s1. The van der Waals surface area contributed by atoms with E-state index in [0.29, 0.717) is 24.4 Å². The van der Waals surface area contributed by atoms with Crippen molar-refractivity contribution in [3.8, 4) is 22.4 Å². The topological polar surface area (TPSA) is 98.7 Å². The average Bonchev–Trinajstić information content (AvgIpc) is 3.64. The van der Waals surface area contributed by atoms with Crippen LogP contribution < -0.4 is 5.32 Å². The lowest BCUT2D eigenvalue weighted by Crippen LogP contribution is -2.37. The second-order valence-corrected chi connectivity index (χ2v) is 15.1. The van der Waals surface area contributed by atoms with Crippen molar-refractivity contribution in [2.24, 2.45) is 0 Å². The number of carbonyl (C=O) groups excluding carboxylic acids is 1. The smallest absolute Gasteiger partial charge is 0.270 e. The van der Waals surface area contributed by atoms with Crippen LogP contribution in [0.5, 0.6) is 0 Å². The predicted molar refractivity (Wildman–Crippen MR) is 178 cm³/mol. The van der Waals surface area contributed by atoms with Crippen LogP contribution in [0.2, 0.25) is 0 Å². The quantitative estimate of drug-likeness (QED) is 0.255. The van der Waals surface area contributed by atoms with Gasteiger partial charge in [0.1, 0.15) is 16.7 Å². The van der Waals surface area contributed by atoms with E-state index in [4.69, 9.17) is 4.98 Å². The summed E-state index contributed by atoms with van der Waals surface area (Å²) in [7, 11) is -1.33. The maximum atomic E-state index is 13.8. The summed E-state index contributed by atoms with van der Waals surface area (Å²) in [6, 6.07) is 24.0. The van der Waals surface area contributed by atoms with E-state index in [0.717, 1.165) is 53.9 Å². The molecule has 1 amide bonds. The number of likely N-dealkylation sites (tertiary alicyclic amines) is 1. The van der Waals surface area contributed by atoms with Gasteiger partial charge in [0.2, 0.25) is 0 Å². The Labute approximate surface area is 268 Å². The summed E-state index contributed by atoms with van der Waals surface area (Å²) in [4.78, 5) is 25.3. The summed E-state index contributed by atoms with van der Waals surface area (Å²) < 4.78 is 15.2. The normalized spacial score (nSPS) is 19.4. The molecule has 0 unspecified atom stereocenters. The van der Waals surface area contributed by atoms with Gasteiger partial charge in [-0.2, -0.15) is 0 Å². The third kappa shape index (κ3) is 6.92. The molecule has 234 valence electrons. The summed E-state index contributed by atoms with van der Waals surface area (Å²) >= 11 is 0. The number of amides is 1. The Hall–Kier alpha value is -3.76. The molecule has 2 aliphatic rings. The molecular formula is C36H41N5O3S. The van der Waals surface area contributed by atoms with E-state index in [1.807, 2.05) is 67.5 Å². The summed E-state index contributed by atoms with van der Waals surface area (Å²) in [6.07, 6.45) is 4.83. The second kappa shape index (κ2) is 13.3. The molecule has 0 radical (unpaired) electrons. The molecule has 1 saturated heterocycles. The highest BCUT2D eigenvalue weighted by Crippen LogP contribution is 2.44. The molecule has 3 atom stereocenters. The lowest BCUT2D eigenvalue weighted by atomic mass is 9.94. The molecular weight excluding hydrogens is 582 g/mol. The Morgan fingerprint density at radius 3 is 2.49 bits per heavy atom. The van der Waals surface area contributed by atoms with Crippen LogP contribution in [0.1, 0.15) is 66.8 Å². The SMILES string of the molecule is CC(C)(C)[S@@](=O)N1Cc2cc(C(=O)N[C@@H]3CCN(Cc4ccccc4)C3)nc(-c3cccc(-c4ccncc4)c3)c2[C@H]1CCO. The van der Waals surface area contributed by atoms with Gasteiger partial charge in [-0.15, -0.1) is 0 Å². The Balaban J connectivity index is 1.34. The first-order valence-corrected chi connectivity index (χ1v) is 16.7. The van der Waals surface area contributed by atoms with Gasteiger partial charge in [0.15, 0.2) is 0 Å². The van der Waals surface area contributed by atoms with Gasteiger partial charge in [-0.05, 0) is 80.1 Å². The first-order chi connectivity index (χ1) is 21.7. The molecule has 9 heteroatoms. The minimum atomic E-state index is -1.33. The molecule has 2 aromatic heterocycles. The number of hydrogen-bond acceptors (Lipinski definition) is 6. The van der Waals surface area contributed by atoms with E-state index in [1.54, 1.807) is 12.4 Å². The van der Waals surface area contributed by atoms with Crippen LogP contribution >= 0.6 is 0 Å². The van der Waals surface area contributed by atoms with Crippen molar-refractivity contribution in [3.05, 3.63) is 108 Å². The fraction of sp³-hybridized carbons (Fsp3) is 0.361. The highest BCUT2D eigenvalue weighted by atomic mass is 32.2. The number of carbonyl (C=O) groups is 1. The molecule has 4 aromatic rings. The maximum Gasteiger partial charge on any atom is 0.270 e. The zero-order valence-corrected chi connectivity index (χ0v) is 27.0. The molecule has 0 aliphatic carbocycles. The van der Waals surface area contributed by atoms with Gasteiger partial charge >= 0.3 is 0 Å². The molecule has 1 fully saturated rings. The maximum absolute atomic E-state index is 13.8. The largest absolute Gasteiger partial charge is 0.396 e. The molecule has 0 spiro atoms. The highest BCUT2D eigenvalue weighted by molar-refractivity contribution is 7.84. The molecule has 2 aliphatic heterocycles. The van der Waals surface area contributed by atoms with Crippen molar-refractivity contribution in [2.75, 3.05) is 19.7 Å². The van der Waals surface area contributed by atoms with Gasteiger partial charge in [0, 0.05) is 62.3 Å². The van der Waals surface area contributed by atoms with E-state index in [2.05, 4.69) is 45.5 Å². The highest BCUT2D eigenvalue weighted by Gasteiger charge is 2.40. The number of hydrogen-bond donors (Lipinski definition) is 2. The minimum absolute atomic E-state index is 0.0294. The number of benzene rings is 2. The zero-order valence-electron chi connectivity index (χ0n) is 26.1. The first kappa shape index (κ1) is 31.2. The van der Waals surface area contributed by atoms with E-state index in [-0.39, 0.29) is 24.6 Å². The van der Waals surface area contributed by atoms with Crippen LogP contribution in [0.25, 0.3) is 22.4 Å². The van der Waals surface area contributed by atoms with E-state index >= 15 is 0 Å². The van der Waals surface area contributed by atoms with Crippen LogP contribution in [0, 0.1) is 0 Å². The molecule has 4 heterocycles. The van der Waals surface area contributed by atoms with Gasteiger partial charge in [-0.3, -0.25) is 14.7 Å². The number of aromatic nitrogens is 2. The Morgan fingerprint density at radius 1 is 1.00 bits per heavy atom. The number of nitrogens with one attached hydrogen (secondary N) is 1. The predicted octanol–water partition coefficient (Wildman–Crippen LogP) is 5.52. The summed E-state index contributed by atoms with van der Waals surface area (Å²) in [5.74, 6) is -0.204. The molecule has 0 bridgehead atoms. The molecule has 6 rings (SSSR count). The molecule has 45 heavy (non-hydrogen) atoms. The van der Waals surface area contributed by atoms with Crippen LogP contribution in [0.3, 0.4) is 0 Å². The number of aliphatic hydroxyl groups excluding tert-OH is 1. The number of fused-ring (bicyclic) bond motifs is 1. The monoisotopic (exact) mass is 623 g/mol. The Bertz CT molecular complexity index is 1680. The van der Waals surface area contributed by atoms with E-state index in [9.17, 15) is 14.1 Å². The van der Waals surface area contributed by atoms with E-state index < -0.39 is 15.7 Å². The Kier molecular flexibility index (Phi) is 9.23. The van der Waals surface area contributed by atoms with Crippen molar-refractivity contribution < 1.29 is 14.1 Å². The fourth-order valence-electron chi connectivity index (χ4n) is 6.39. The second-order valence-electron chi connectivity index (χ2n) is 12.9. The van der Waals surface area contributed by atoms with Crippen LogP contribution in [-0.2, 0) is 24.1 Å². The van der Waals surface area contributed by atoms with Gasteiger partial charge in [-0.1, -0.05) is 48.5 Å². The number of rotatable bonds is 9. The molecule has 8 nitrogen and oxygen atoms in total. The average molecular weight is 624 g/mol. The van der Waals surface area contributed by atoms with Crippen LogP contribution in [0.15, 0.2) is 85.2 Å². The summed E-state index contributed by atoms with van der Waals surface area (Å²) in [5, 5.41) is 13.4. The lowest BCUT2D eigenvalue weighted by molar-refractivity contribution is 0.0932. The first-order valence-electron chi connectivity index (χ1n) is 15.6. The van der Waals surface area contributed by atoms with Crippen molar-refractivity contribution in [3.63, 3.8) is 0 Å². The summed E-state index contributed by atoms with van der Waals surface area (Å²) in [6.45, 7) is 8.79. The number of aliphatic hydroxyl groups is 1. The Morgan fingerprint density at radius 2 is 1.76 bits per heavy atom. The van der Waals surface area contributed by atoms with Gasteiger partial charge in [0.05, 0.1) is 16.5 Å². The fourth-order valence-corrected chi connectivity index (χ4v) is 7.79. The minimum Gasteiger partial charge on any atom is -0.396 e. The number of nitrogens with zero attached hydrogens (tertiary/aromatic N) is 4. The van der Waals surface area contributed by atoms with Crippen molar-refractivity contribution >= 4 is 16.9 Å². The summed E-state index contributed by atoms with van der Waals surface area (Å²) in [5.41, 5.74) is 7.07. The lowest BCUT2D eigenvalue weighted by Gasteiger charge is -2.30. The zero-order chi connectivity index (χ0) is 31.6. The van der Waals surface area contributed by atoms with Crippen LogP contribution in [-0.4, -0.2) is 64.9 Å². The van der Waals surface area contributed by atoms with Crippen LogP contribution in [0.4, 0.5) is 0 Å². The van der Waals surface area contributed by atoms with Crippen molar-refractivity contribution in [1.29, 1.82) is 0 Å². The van der Waals surface area contributed by atoms with Gasteiger partial charge < -0.3 is 10.4 Å². The molecule has 2 N–H and O–H groups in total. The van der Waals surface area contributed by atoms with Gasteiger partial charge in [-0.25, -0.2) is 13.5 Å². The molecule has 2 aromatic carbocycles. The van der Waals surface area contributed by atoms with Crippen molar-refractivity contribution in [1.82, 2.24) is 24.5 Å². The number of pyridine rings is 2. The molecule has 0 saturated carbocycles. The third-order valence-electron chi connectivity index (χ3n) is 8.53. The van der Waals surface area contributed by atoms with Crippen molar-refractivity contribution in [2.45, 2.75) is 63.5 Å². The third-order valence-corrected chi connectivity index (χ3v) is 10.4. The van der Waals surface area contributed by atoms with Gasteiger partial charge in [0.25, 0.3) is 5.91 Å².